The second-order valence-corrected chi connectivity index (χ2v) is 11.8. The lowest BCUT2D eigenvalue weighted by Gasteiger charge is -2.53. The minimum Gasteiger partial charge on any atom is -0.459 e. The summed E-state index contributed by atoms with van der Waals surface area (Å²) in [5.41, 5.74) is -0.0561. The molecule has 2 saturated heterocycles. The molecule has 214 valence electrons. The number of esters is 1. The van der Waals surface area contributed by atoms with Crippen LogP contribution in [0, 0.1) is 0 Å². The van der Waals surface area contributed by atoms with Gasteiger partial charge in [-0.2, -0.15) is 0 Å². The molecule has 0 radical (unpaired) electrons. The maximum absolute atomic E-state index is 13.1. The molecule has 3 amide bonds. The molecule has 3 heterocycles. The van der Waals surface area contributed by atoms with Crippen LogP contribution in [0.1, 0.15) is 32.0 Å². The van der Waals surface area contributed by atoms with Gasteiger partial charge in [-0.3, -0.25) is 14.9 Å². The summed E-state index contributed by atoms with van der Waals surface area (Å²) in [6, 6.07) is 6.87. The van der Waals surface area contributed by atoms with E-state index in [0.29, 0.717) is 0 Å². The molecule has 2 aliphatic heterocycles. The van der Waals surface area contributed by atoms with E-state index >= 15 is 0 Å². The lowest BCUT2D eigenvalue weighted by Crippen LogP contribution is -2.77. The summed E-state index contributed by atoms with van der Waals surface area (Å²) < 4.78 is 10.6. The van der Waals surface area contributed by atoms with Crippen LogP contribution in [0.4, 0.5) is 9.93 Å². The van der Waals surface area contributed by atoms with E-state index in [9.17, 15) is 24.3 Å². The number of hydrogen-bond donors (Lipinski definition) is 3. The SMILES string of the molecule is CON=C(C(=O)N[C@@H]1C(=O)N2C(C(=O)OCc3ccccc3)C(O)CS[C@@H]12)c1csc(NC(=O)OC(C)(C)C)n1. The van der Waals surface area contributed by atoms with Crippen LogP contribution in [0.15, 0.2) is 40.9 Å². The highest BCUT2D eigenvalue weighted by molar-refractivity contribution is 8.00. The Kier molecular flexibility index (Phi) is 8.95. The zero-order valence-electron chi connectivity index (χ0n) is 22.2. The smallest absolute Gasteiger partial charge is 0.413 e. The normalized spacial score (nSPS) is 22.5. The summed E-state index contributed by atoms with van der Waals surface area (Å²) in [4.78, 5) is 61.3. The molecule has 40 heavy (non-hydrogen) atoms. The van der Waals surface area contributed by atoms with Gasteiger partial charge in [-0.1, -0.05) is 35.5 Å². The Hall–Kier alpha value is -3.69. The zero-order valence-corrected chi connectivity index (χ0v) is 23.8. The number of hydrogen-bond acceptors (Lipinski definition) is 12. The molecule has 3 N–H and O–H groups in total. The number of thioether (sulfide) groups is 1. The van der Waals surface area contributed by atoms with Crippen molar-refractivity contribution in [3.63, 3.8) is 0 Å². The van der Waals surface area contributed by atoms with Crippen molar-refractivity contribution in [3.8, 4) is 0 Å². The molecule has 1 aromatic heterocycles. The van der Waals surface area contributed by atoms with Crippen LogP contribution in [-0.4, -0.2) is 86.6 Å². The molecule has 4 atom stereocenters. The predicted molar refractivity (Wildman–Crippen MR) is 147 cm³/mol. The van der Waals surface area contributed by atoms with Crippen molar-refractivity contribution in [3.05, 3.63) is 47.0 Å². The van der Waals surface area contributed by atoms with E-state index in [2.05, 4.69) is 20.8 Å². The number of nitrogens with one attached hydrogen (secondary N) is 2. The maximum Gasteiger partial charge on any atom is 0.413 e. The molecular formula is C25H29N5O8S2. The average molecular weight is 592 g/mol. The second-order valence-electron chi connectivity index (χ2n) is 9.81. The van der Waals surface area contributed by atoms with Crippen molar-refractivity contribution in [2.75, 3.05) is 18.2 Å². The Balaban J connectivity index is 1.40. The van der Waals surface area contributed by atoms with Crippen LogP contribution in [0.3, 0.4) is 0 Å². The van der Waals surface area contributed by atoms with E-state index < -0.39 is 53.0 Å². The summed E-state index contributed by atoms with van der Waals surface area (Å²) >= 11 is 2.27. The number of oxime groups is 1. The third kappa shape index (κ3) is 6.71. The summed E-state index contributed by atoms with van der Waals surface area (Å²) in [5, 5.41) is 20.4. The maximum atomic E-state index is 13.1. The first-order valence-corrected chi connectivity index (χ1v) is 14.1. The van der Waals surface area contributed by atoms with Gasteiger partial charge in [0.15, 0.2) is 16.9 Å². The molecule has 1 aromatic carbocycles. The fourth-order valence-corrected chi connectivity index (χ4v) is 6.02. The molecule has 0 aliphatic carbocycles. The highest BCUT2D eigenvalue weighted by atomic mass is 32.2. The molecule has 0 spiro atoms. The summed E-state index contributed by atoms with van der Waals surface area (Å²) in [5.74, 6) is -1.86. The molecular weight excluding hydrogens is 562 g/mol. The molecule has 15 heteroatoms. The predicted octanol–water partition coefficient (Wildman–Crippen LogP) is 1.71. The minimum atomic E-state index is -1.19. The van der Waals surface area contributed by atoms with Crippen LogP contribution >= 0.6 is 23.1 Å². The van der Waals surface area contributed by atoms with Gasteiger partial charge in [0.2, 0.25) is 5.91 Å². The van der Waals surface area contributed by atoms with E-state index in [1.54, 1.807) is 32.9 Å². The molecule has 2 unspecified atom stereocenters. The van der Waals surface area contributed by atoms with Gasteiger partial charge in [0.05, 0.1) is 6.10 Å². The molecule has 4 rings (SSSR count). The van der Waals surface area contributed by atoms with E-state index in [0.717, 1.165) is 16.9 Å². The number of thiazole rings is 1. The number of β-lactam (4-membered cyclic amide) rings is 1. The van der Waals surface area contributed by atoms with Gasteiger partial charge in [-0.15, -0.1) is 23.1 Å². The Morgan fingerprint density at radius 1 is 1.23 bits per heavy atom. The Bertz CT molecular complexity index is 1300. The number of aromatic nitrogens is 1. The number of ether oxygens (including phenoxy) is 2. The number of amides is 3. The molecule has 2 fully saturated rings. The lowest BCUT2D eigenvalue weighted by atomic mass is 9.99. The summed E-state index contributed by atoms with van der Waals surface area (Å²) in [6.07, 6.45) is -1.83. The summed E-state index contributed by atoms with van der Waals surface area (Å²) in [7, 11) is 1.25. The Labute approximate surface area is 238 Å². The van der Waals surface area contributed by atoms with Crippen molar-refractivity contribution in [2.45, 2.75) is 56.5 Å². The van der Waals surface area contributed by atoms with Crippen LogP contribution in [0.5, 0.6) is 0 Å². The Morgan fingerprint density at radius 3 is 2.62 bits per heavy atom. The topological polar surface area (TPSA) is 169 Å². The third-order valence-corrected chi connectivity index (χ3v) is 7.82. The number of carbonyl (C=O) groups excluding carboxylic acids is 4. The van der Waals surface area contributed by atoms with Crippen LogP contribution in [-0.2, 0) is 35.3 Å². The molecule has 2 aliphatic rings. The molecule has 2 aromatic rings. The lowest BCUT2D eigenvalue weighted by molar-refractivity contribution is -0.171. The molecule has 0 saturated carbocycles. The first-order valence-electron chi connectivity index (χ1n) is 12.2. The number of rotatable bonds is 8. The van der Waals surface area contributed by atoms with Gasteiger partial charge >= 0.3 is 12.1 Å². The highest BCUT2D eigenvalue weighted by Gasteiger charge is 2.58. The van der Waals surface area contributed by atoms with Gasteiger partial charge in [0.25, 0.3) is 5.91 Å². The van der Waals surface area contributed by atoms with Crippen molar-refractivity contribution >= 4 is 57.8 Å². The van der Waals surface area contributed by atoms with Crippen LogP contribution in [0.2, 0.25) is 0 Å². The largest absolute Gasteiger partial charge is 0.459 e. The van der Waals surface area contributed by atoms with Crippen LogP contribution < -0.4 is 10.6 Å². The van der Waals surface area contributed by atoms with Gasteiger partial charge in [0.1, 0.15) is 36.4 Å². The van der Waals surface area contributed by atoms with E-state index in [-0.39, 0.29) is 28.9 Å². The minimum absolute atomic E-state index is 0.00183. The number of carbonyl (C=O) groups is 4. The average Bonchev–Trinajstić information content (AvgIpc) is 3.35. The van der Waals surface area contributed by atoms with Crippen molar-refractivity contribution in [1.29, 1.82) is 0 Å². The van der Waals surface area contributed by atoms with Crippen molar-refractivity contribution < 1.29 is 38.6 Å². The number of nitrogens with zero attached hydrogens (tertiary/aromatic N) is 3. The van der Waals surface area contributed by atoms with Gasteiger partial charge < -0.3 is 29.6 Å². The van der Waals surface area contributed by atoms with Crippen molar-refractivity contribution in [1.82, 2.24) is 15.2 Å². The quantitative estimate of drug-likeness (QED) is 0.178. The first-order chi connectivity index (χ1) is 19.0. The van der Waals surface area contributed by atoms with Gasteiger partial charge in [-0.05, 0) is 26.3 Å². The van der Waals surface area contributed by atoms with Crippen LogP contribution in [0.25, 0.3) is 0 Å². The van der Waals surface area contributed by atoms with Crippen molar-refractivity contribution in [2.24, 2.45) is 5.16 Å². The summed E-state index contributed by atoms with van der Waals surface area (Å²) in [6.45, 7) is 5.16. The highest BCUT2D eigenvalue weighted by Crippen LogP contribution is 2.38. The number of aliphatic hydroxyl groups is 1. The number of fused-ring (bicyclic) bond motifs is 1. The van der Waals surface area contributed by atoms with E-state index in [1.165, 1.54) is 29.2 Å². The third-order valence-electron chi connectivity index (χ3n) is 5.69. The second kappa shape index (κ2) is 12.2. The zero-order chi connectivity index (χ0) is 29.0. The molecule has 13 nitrogen and oxygen atoms in total. The van der Waals surface area contributed by atoms with Gasteiger partial charge in [0, 0.05) is 11.1 Å². The van der Waals surface area contributed by atoms with E-state index in [1.807, 2.05) is 18.2 Å². The first kappa shape index (κ1) is 29.3. The van der Waals surface area contributed by atoms with Gasteiger partial charge in [-0.25, -0.2) is 14.6 Å². The molecule has 0 bridgehead atoms. The fraction of sp³-hybridized carbons (Fsp3) is 0.440. The Morgan fingerprint density at radius 2 is 1.95 bits per heavy atom. The van der Waals surface area contributed by atoms with E-state index in [4.69, 9.17) is 14.3 Å². The standard InChI is InChI=1S/C25H29N5O8S2/c1-25(2,3)38-24(35)28-23-26-14(11-40-23)16(29-36-4)19(32)27-17-20(33)30-18(15(31)12-39-21(17)30)22(34)37-10-13-8-6-5-7-9-13/h5-9,11,15,17-18,21,31H,10,12H2,1-4H3,(H,27,32)(H,26,28,35)/t15?,17-,18?,21+/m1/s1. The number of benzene rings is 1. The fourth-order valence-electron chi connectivity index (χ4n) is 3.99. The number of aliphatic hydroxyl groups excluding tert-OH is 1. The number of anilines is 1. The monoisotopic (exact) mass is 591 g/mol.